The van der Waals surface area contributed by atoms with Crippen LogP contribution in [0, 0.1) is 0 Å². The molecule has 1 atom stereocenters. The Bertz CT molecular complexity index is 1310. The van der Waals surface area contributed by atoms with Crippen molar-refractivity contribution < 1.29 is 35.5 Å². The molecular formula is C22H12Cl3F7N4O. The van der Waals surface area contributed by atoms with Crippen LogP contribution in [0.5, 0.6) is 0 Å². The van der Waals surface area contributed by atoms with Gasteiger partial charge in [-0.3, -0.25) is 15.6 Å². The number of hydrazine groups is 1. The number of aromatic nitrogens is 2. The summed E-state index contributed by atoms with van der Waals surface area (Å²) in [5, 5.41) is -0.898. The molecule has 3 rings (SSSR count). The third kappa shape index (κ3) is 7.02. The summed E-state index contributed by atoms with van der Waals surface area (Å²) in [5.74, 6) is -5.53. The fourth-order valence-electron chi connectivity index (χ4n) is 3.06. The van der Waals surface area contributed by atoms with Crippen LogP contribution in [-0.4, -0.2) is 22.1 Å². The Balaban J connectivity index is 1.99. The Kier molecular flexibility index (Phi) is 8.56. The van der Waals surface area contributed by atoms with E-state index >= 15 is 0 Å². The van der Waals surface area contributed by atoms with Gasteiger partial charge in [0.15, 0.2) is 0 Å². The molecule has 0 saturated carbocycles. The molecule has 196 valence electrons. The first-order valence-corrected chi connectivity index (χ1v) is 10.9. The molecule has 1 heterocycles. The van der Waals surface area contributed by atoms with E-state index in [2.05, 4.69) is 15.4 Å². The zero-order valence-corrected chi connectivity index (χ0v) is 20.1. The number of benzene rings is 2. The summed E-state index contributed by atoms with van der Waals surface area (Å²) in [6.07, 6.45) is -6.54. The molecule has 2 aromatic carbocycles. The number of alkyl halides is 6. The van der Waals surface area contributed by atoms with Crippen molar-refractivity contribution >= 4 is 52.2 Å². The summed E-state index contributed by atoms with van der Waals surface area (Å²) in [4.78, 5) is 19.6. The molecule has 0 aliphatic rings. The van der Waals surface area contributed by atoms with E-state index in [1.54, 1.807) is 0 Å². The maximum absolute atomic E-state index is 14.9. The average molecular weight is 588 g/mol. The highest BCUT2D eigenvalue weighted by Crippen LogP contribution is 2.42. The highest BCUT2D eigenvalue weighted by molar-refractivity contribution is 6.48. The quantitative estimate of drug-likeness (QED) is 0.175. The number of anilines is 1. The van der Waals surface area contributed by atoms with Gasteiger partial charge in [-0.2, -0.15) is 26.3 Å². The molecule has 0 fully saturated rings. The molecule has 0 aliphatic heterocycles. The van der Waals surface area contributed by atoms with E-state index in [-0.39, 0.29) is 32.9 Å². The van der Waals surface area contributed by atoms with Crippen molar-refractivity contribution in [1.82, 2.24) is 15.4 Å². The maximum Gasteiger partial charge on any atom is 0.417 e. The molecule has 1 unspecified atom stereocenters. The number of carbonyl (C=O) groups is 1. The van der Waals surface area contributed by atoms with E-state index in [1.165, 1.54) is 18.7 Å². The van der Waals surface area contributed by atoms with Gasteiger partial charge in [0.25, 0.3) is 5.91 Å². The number of allylic oxidation sites excluding steroid dienone is 1. The van der Waals surface area contributed by atoms with E-state index in [0.29, 0.717) is 6.07 Å². The van der Waals surface area contributed by atoms with E-state index in [1.807, 2.05) is 5.43 Å². The smallest absolute Gasteiger partial charge is 0.295 e. The number of hydrogen-bond acceptors (Lipinski definition) is 4. The second-order valence-electron chi connectivity index (χ2n) is 7.30. The van der Waals surface area contributed by atoms with Crippen LogP contribution in [0.15, 0.2) is 55.1 Å². The summed E-state index contributed by atoms with van der Waals surface area (Å²) in [6.45, 7) is 0. The lowest BCUT2D eigenvalue weighted by Gasteiger charge is -2.19. The Hall–Kier alpha value is -3.09. The molecular weight excluding hydrogens is 576 g/mol. The molecule has 1 aromatic heterocycles. The lowest BCUT2D eigenvalue weighted by molar-refractivity contribution is -0.140. The standard InChI is InChI=1S/C22H12Cl3F7N4O/c23-16-4-11(5-17(24)19(16)25)14(21(27,28)29)6-18(26)10-1-2-13(15(3-10)22(30,31)32)20(37)36-35-12-7-33-9-34-8-12/h1-9,14,35H,(H,36,37). The summed E-state index contributed by atoms with van der Waals surface area (Å²) < 4.78 is 97.1. The fraction of sp³-hybridized carbons (Fsp3) is 0.136. The molecule has 0 spiro atoms. The largest absolute Gasteiger partial charge is 0.417 e. The van der Waals surface area contributed by atoms with Gasteiger partial charge in [-0.25, -0.2) is 14.4 Å². The summed E-state index contributed by atoms with van der Waals surface area (Å²) >= 11 is 17.3. The number of amides is 1. The first-order valence-electron chi connectivity index (χ1n) is 9.80. The Morgan fingerprint density at radius 2 is 1.54 bits per heavy atom. The van der Waals surface area contributed by atoms with Crippen LogP contribution in [0.3, 0.4) is 0 Å². The van der Waals surface area contributed by atoms with Crippen LogP contribution in [0.1, 0.15) is 33.0 Å². The van der Waals surface area contributed by atoms with E-state index in [0.717, 1.165) is 18.2 Å². The number of halogens is 10. The van der Waals surface area contributed by atoms with Crippen LogP contribution in [0.25, 0.3) is 5.83 Å². The normalized spacial score (nSPS) is 13.3. The van der Waals surface area contributed by atoms with Gasteiger partial charge in [-0.05, 0) is 35.9 Å². The second-order valence-corrected chi connectivity index (χ2v) is 8.49. The minimum Gasteiger partial charge on any atom is -0.295 e. The van der Waals surface area contributed by atoms with Gasteiger partial charge in [0.1, 0.15) is 18.1 Å². The van der Waals surface area contributed by atoms with Crippen LogP contribution in [0.4, 0.5) is 36.4 Å². The molecule has 5 nitrogen and oxygen atoms in total. The topological polar surface area (TPSA) is 66.9 Å². The SMILES string of the molecule is O=C(NNc1cncnc1)c1ccc(C(F)=CC(c2cc(Cl)c(Cl)c(Cl)c2)C(F)(F)F)cc1C(F)(F)F. The molecule has 2 N–H and O–H groups in total. The summed E-state index contributed by atoms with van der Waals surface area (Å²) in [6, 6.07) is 3.22. The maximum atomic E-state index is 14.9. The average Bonchev–Trinajstić information content (AvgIpc) is 2.83. The minimum atomic E-state index is -5.15. The molecule has 0 aliphatic carbocycles. The third-order valence-corrected chi connectivity index (χ3v) is 5.95. The monoisotopic (exact) mass is 586 g/mol. The minimum absolute atomic E-state index is 0.0715. The van der Waals surface area contributed by atoms with Gasteiger partial charge in [-0.1, -0.05) is 40.9 Å². The van der Waals surface area contributed by atoms with Crippen molar-refractivity contribution in [2.75, 3.05) is 5.43 Å². The van der Waals surface area contributed by atoms with E-state index < -0.39 is 52.3 Å². The molecule has 0 radical (unpaired) electrons. The van der Waals surface area contributed by atoms with Crippen LogP contribution >= 0.6 is 34.8 Å². The van der Waals surface area contributed by atoms with Crippen molar-refractivity contribution in [3.05, 3.63) is 92.5 Å². The van der Waals surface area contributed by atoms with Gasteiger partial charge in [0.2, 0.25) is 0 Å². The molecule has 0 saturated heterocycles. The molecule has 0 bridgehead atoms. The number of rotatable bonds is 6. The summed E-state index contributed by atoms with van der Waals surface area (Å²) in [7, 11) is 0. The van der Waals surface area contributed by atoms with Crippen molar-refractivity contribution in [1.29, 1.82) is 0 Å². The Morgan fingerprint density at radius 3 is 2.08 bits per heavy atom. The van der Waals surface area contributed by atoms with Crippen molar-refractivity contribution in [2.45, 2.75) is 18.3 Å². The molecule has 3 aromatic rings. The lowest BCUT2D eigenvalue weighted by Crippen LogP contribution is -2.31. The molecule has 15 heteroatoms. The zero-order valence-electron chi connectivity index (χ0n) is 17.9. The van der Waals surface area contributed by atoms with E-state index in [4.69, 9.17) is 34.8 Å². The first kappa shape index (κ1) is 28.5. The zero-order chi connectivity index (χ0) is 27.5. The van der Waals surface area contributed by atoms with Crippen LogP contribution in [-0.2, 0) is 6.18 Å². The summed E-state index contributed by atoms with van der Waals surface area (Å²) in [5.41, 5.74) is 0.502. The Labute approximate surface area is 219 Å². The highest BCUT2D eigenvalue weighted by atomic mass is 35.5. The fourth-order valence-corrected chi connectivity index (χ4v) is 3.68. The molecule has 1 amide bonds. The predicted molar refractivity (Wildman–Crippen MR) is 124 cm³/mol. The van der Waals surface area contributed by atoms with Gasteiger partial charge in [0, 0.05) is 5.56 Å². The first-order chi connectivity index (χ1) is 17.2. The number of nitrogens with zero attached hydrogens (tertiary/aromatic N) is 2. The predicted octanol–water partition coefficient (Wildman–Crippen LogP) is 7.87. The molecule has 37 heavy (non-hydrogen) atoms. The van der Waals surface area contributed by atoms with Crippen molar-refractivity contribution in [3.63, 3.8) is 0 Å². The third-order valence-electron chi connectivity index (χ3n) is 4.76. The second kappa shape index (κ2) is 11.1. The van der Waals surface area contributed by atoms with Crippen LogP contribution in [0.2, 0.25) is 15.1 Å². The van der Waals surface area contributed by atoms with Crippen molar-refractivity contribution in [2.24, 2.45) is 0 Å². The Morgan fingerprint density at radius 1 is 0.946 bits per heavy atom. The highest BCUT2D eigenvalue weighted by Gasteiger charge is 2.41. The van der Waals surface area contributed by atoms with Gasteiger partial charge in [0.05, 0.1) is 44.3 Å². The van der Waals surface area contributed by atoms with Crippen LogP contribution < -0.4 is 10.9 Å². The lowest BCUT2D eigenvalue weighted by atomic mass is 9.95. The number of nitrogens with one attached hydrogen (secondary N) is 2. The van der Waals surface area contributed by atoms with Gasteiger partial charge < -0.3 is 0 Å². The van der Waals surface area contributed by atoms with E-state index in [9.17, 15) is 35.5 Å². The van der Waals surface area contributed by atoms with Gasteiger partial charge in [-0.15, -0.1) is 0 Å². The van der Waals surface area contributed by atoms with Gasteiger partial charge >= 0.3 is 12.4 Å². The van der Waals surface area contributed by atoms with Crippen molar-refractivity contribution in [3.8, 4) is 0 Å². The number of carbonyl (C=O) groups excluding carboxylic acids is 1. The number of hydrogen-bond donors (Lipinski definition) is 2.